The van der Waals surface area contributed by atoms with Crippen molar-refractivity contribution in [3.8, 4) is 27.9 Å². The predicted molar refractivity (Wildman–Crippen MR) is 246 cm³/mol. The van der Waals surface area contributed by atoms with Crippen LogP contribution in [-0.2, 0) is 6.54 Å². The number of nitrogens with zero attached hydrogens (tertiary/aromatic N) is 2. The summed E-state index contributed by atoms with van der Waals surface area (Å²) >= 11 is 0. The molecule has 58 heavy (non-hydrogen) atoms. The largest absolute Gasteiger partial charge is 0.355 e. The number of hydrogen-bond donors (Lipinski definition) is 1. The summed E-state index contributed by atoms with van der Waals surface area (Å²) in [6, 6.07) is 78.6. The second kappa shape index (κ2) is 14.1. The average Bonchev–Trinajstić information content (AvgIpc) is 3.94. The first-order valence-corrected chi connectivity index (χ1v) is 20.0. The van der Waals surface area contributed by atoms with Crippen molar-refractivity contribution in [1.82, 2.24) is 14.1 Å². The summed E-state index contributed by atoms with van der Waals surface area (Å²) in [5.41, 5.74) is 14.6. The zero-order chi connectivity index (χ0) is 38.4. The quantitative estimate of drug-likeness (QED) is 0.182. The molecular formula is C55H39N3. The molecule has 3 nitrogen and oxygen atoms in total. The lowest BCUT2D eigenvalue weighted by atomic mass is 9.98. The van der Waals surface area contributed by atoms with E-state index in [-0.39, 0.29) is 0 Å². The molecule has 9 aromatic carbocycles. The Kier molecular flexibility index (Phi) is 8.22. The molecule has 0 radical (unpaired) electrons. The van der Waals surface area contributed by atoms with E-state index >= 15 is 0 Å². The SMILES string of the molecule is c1ccc(Cn2c3ccc(-c4ccc5[nH]c6ccccc6c5c4)cc3c3cc(-c4ccc5c(c4)c4ccccc4n5-c4ccccc4)ccc32)cc1.c1ccccc1. The molecule has 0 saturated carbocycles. The molecule has 12 aromatic rings. The third-order valence-corrected chi connectivity index (χ3v) is 11.6. The second-order valence-electron chi connectivity index (χ2n) is 15.0. The van der Waals surface area contributed by atoms with Crippen LogP contribution in [0.3, 0.4) is 0 Å². The van der Waals surface area contributed by atoms with Crippen LogP contribution in [0.25, 0.3) is 93.4 Å². The van der Waals surface area contributed by atoms with E-state index in [1.165, 1.54) is 98.9 Å². The van der Waals surface area contributed by atoms with Crippen LogP contribution < -0.4 is 0 Å². The van der Waals surface area contributed by atoms with E-state index < -0.39 is 0 Å². The monoisotopic (exact) mass is 741 g/mol. The zero-order valence-electron chi connectivity index (χ0n) is 31.9. The van der Waals surface area contributed by atoms with E-state index in [0.29, 0.717) is 0 Å². The normalized spacial score (nSPS) is 11.5. The molecule has 0 unspecified atom stereocenters. The number of nitrogens with one attached hydrogen (secondary N) is 1. The zero-order valence-corrected chi connectivity index (χ0v) is 31.9. The van der Waals surface area contributed by atoms with Crippen molar-refractivity contribution in [1.29, 1.82) is 0 Å². The average molecular weight is 742 g/mol. The molecule has 0 aliphatic rings. The van der Waals surface area contributed by atoms with E-state index in [1.807, 2.05) is 36.4 Å². The molecule has 0 aliphatic heterocycles. The van der Waals surface area contributed by atoms with Crippen molar-refractivity contribution in [3.05, 3.63) is 224 Å². The van der Waals surface area contributed by atoms with Crippen molar-refractivity contribution in [3.63, 3.8) is 0 Å². The van der Waals surface area contributed by atoms with Crippen LogP contribution in [0, 0.1) is 0 Å². The summed E-state index contributed by atoms with van der Waals surface area (Å²) in [6.45, 7) is 0.811. The minimum atomic E-state index is 0.811. The van der Waals surface area contributed by atoms with Gasteiger partial charge in [-0.15, -0.1) is 0 Å². The molecule has 3 heteroatoms. The fourth-order valence-electron chi connectivity index (χ4n) is 8.82. The lowest BCUT2D eigenvalue weighted by Gasteiger charge is -2.09. The van der Waals surface area contributed by atoms with Gasteiger partial charge in [0.15, 0.2) is 0 Å². The number of benzene rings is 9. The highest BCUT2D eigenvalue weighted by Crippen LogP contribution is 2.39. The Balaban J connectivity index is 0.000000592. The molecule has 0 amide bonds. The molecule has 1 N–H and O–H groups in total. The van der Waals surface area contributed by atoms with E-state index in [4.69, 9.17) is 0 Å². The van der Waals surface area contributed by atoms with Crippen LogP contribution in [0.1, 0.15) is 5.56 Å². The molecule has 274 valence electrons. The van der Waals surface area contributed by atoms with Crippen LogP contribution >= 0.6 is 0 Å². The number of fused-ring (bicyclic) bond motifs is 9. The van der Waals surface area contributed by atoms with Gasteiger partial charge in [0.05, 0.1) is 11.0 Å². The van der Waals surface area contributed by atoms with Crippen LogP contribution in [0.5, 0.6) is 0 Å². The summed E-state index contributed by atoms with van der Waals surface area (Å²) in [4.78, 5) is 3.58. The van der Waals surface area contributed by atoms with E-state index in [2.05, 4.69) is 196 Å². The fraction of sp³-hybridized carbons (Fsp3) is 0.0182. The number of H-pyrrole nitrogens is 1. The van der Waals surface area contributed by atoms with Crippen LogP contribution in [-0.4, -0.2) is 14.1 Å². The van der Waals surface area contributed by atoms with Gasteiger partial charge in [-0.05, 0) is 101 Å². The number of aromatic amines is 1. The van der Waals surface area contributed by atoms with Crippen LogP contribution in [0.4, 0.5) is 0 Å². The van der Waals surface area contributed by atoms with Gasteiger partial charge >= 0.3 is 0 Å². The van der Waals surface area contributed by atoms with E-state index in [9.17, 15) is 0 Å². The summed E-state index contributed by atoms with van der Waals surface area (Å²) in [6.07, 6.45) is 0. The van der Waals surface area contributed by atoms with Crippen molar-refractivity contribution in [2.75, 3.05) is 0 Å². The van der Waals surface area contributed by atoms with Gasteiger partial charge in [-0.2, -0.15) is 0 Å². The van der Waals surface area contributed by atoms with E-state index in [0.717, 1.165) is 6.54 Å². The summed E-state index contributed by atoms with van der Waals surface area (Å²) in [5, 5.41) is 7.58. The minimum Gasteiger partial charge on any atom is -0.355 e. The molecule has 0 saturated heterocycles. The maximum atomic E-state index is 3.58. The number of rotatable bonds is 5. The maximum Gasteiger partial charge on any atom is 0.0541 e. The molecule has 0 aliphatic carbocycles. The Labute approximate surface area is 336 Å². The topological polar surface area (TPSA) is 25.6 Å². The predicted octanol–water partition coefficient (Wildman–Crippen LogP) is 14.6. The second-order valence-corrected chi connectivity index (χ2v) is 15.0. The fourth-order valence-corrected chi connectivity index (χ4v) is 8.82. The number of aromatic nitrogens is 3. The number of hydrogen-bond acceptors (Lipinski definition) is 0. The molecule has 0 bridgehead atoms. The van der Waals surface area contributed by atoms with Gasteiger partial charge in [0.1, 0.15) is 0 Å². The first kappa shape index (κ1) is 33.7. The first-order valence-electron chi connectivity index (χ1n) is 20.0. The molecule has 0 fully saturated rings. The Morgan fingerprint density at radius 1 is 0.310 bits per heavy atom. The lowest BCUT2D eigenvalue weighted by molar-refractivity contribution is 0.869. The smallest absolute Gasteiger partial charge is 0.0541 e. The van der Waals surface area contributed by atoms with Gasteiger partial charge in [0.2, 0.25) is 0 Å². The highest BCUT2D eigenvalue weighted by molar-refractivity contribution is 6.13. The third kappa shape index (κ3) is 5.84. The van der Waals surface area contributed by atoms with Crippen molar-refractivity contribution in [2.45, 2.75) is 6.54 Å². The standard InChI is InChI=1S/C49H33N3.C6H6/c1-3-11-32(12-4-1)31-51-46-24-20-34(33-19-23-45-40(27-33)38-15-7-9-17-44(38)50-45)29-42(46)43-30-35(21-25-47(43)51)36-22-26-49-41(28-36)39-16-8-10-18-48(39)52(49)37-13-5-2-6-14-37;1-2-4-6-5-3-1/h1-30,50H,31H2;1-6H. The van der Waals surface area contributed by atoms with Crippen molar-refractivity contribution in [2.24, 2.45) is 0 Å². The van der Waals surface area contributed by atoms with Crippen molar-refractivity contribution >= 4 is 65.4 Å². The number of para-hydroxylation sites is 3. The molecular weight excluding hydrogens is 703 g/mol. The van der Waals surface area contributed by atoms with Crippen LogP contribution in [0.2, 0.25) is 0 Å². The Bertz CT molecular complexity index is 3380. The first-order chi connectivity index (χ1) is 28.8. The van der Waals surface area contributed by atoms with Gasteiger partial charge in [0.25, 0.3) is 0 Å². The molecule has 0 spiro atoms. The lowest BCUT2D eigenvalue weighted by Crippen LogP contribution is -1.99. The Morgan fingerprint density at radius 3 is 1.38 bits per heavy atom. The Morgan fingerprint density at radius 2 is 0.741 bits per heavy atom. The maximum absolute atomic E-state index is 3.58. The highest BCUT2D eigenvalue weighted by atomic mass is 15.0. The highest BCUT2D eigenvalue weighted by Gasteiger charge is 2.17. The minimum absolute atomic E-state index is 0.811. The van der Waals surface area contributed by atoms with Gasteiger partial charge in [0, 0.05) is 66.6 Å². The Hall–Kier alpha value is -7.62. The van der Waals surface area contributed by atoms with Gasteiger partial charge < -0.3 is 14.1 Å². The molecule has 3 aromatic heterocycles. The van der Waals surface area contributed by atoms with E-state index in [1.54, 1.807) is 0 Å². The molecule has 12 rings (SSSR count). The molecule has 3 heterocycles. The van der Waals surface area contributed by atoms with Gasteiger partial charge in [-0.1, -0.05) is 146 Å². The summed E-state index contributed by atoms with van der Waals surface area (Å²) in [7, 11) is 0. The summed E-state index contributed by atoms with van der Waals surface area (Å²) in [5.74, 6) is 0. The third-order valence-electron chi connectivity index (χ3n) is 11.6. The molecule has 0 atom stereocenters. The van der Waals surface area contributed by atoms with Crippen LogP contribution in [0.15, 0.2) is 218 Å². The van der Waals surface area contributed by atoms with Gasteiger partial charge in [-0.25, -0.2) is 0 Å². The van der Waals surface area contributed by atoms with Gasteiger partial charge in [-0.3, -0.25) is 0 Å². The summed E-state index contributed by atoms with van der Waals surface area (Å²) < 4.78 is 4.86. The van der Waals surface area contributed by atoms with Crippen molar-refractivity contribution < 1.29 is 0 Å².